The molecule has 2 amide bonds. The number of piperidine rings is 1. The van der Waals surface area contributed by atoms with Gasteiger partial charge >= 0.3 is 0 Å². The van der Waals surface area contributed by atoms with Crippen molar-refractivity contribution in [2.24, 2.45) is 11.3 Å². The fourth-order valence-electron chi connectivity index (χ4n) is 4.93. The first kappa shape index (κ1) is 22.5. The van der Waals surface area contributed by atoms with Gasteiger partial charge in [0.25, 0.3) is 5.91 Å². The summed E-state index contributed by atoms with van der Waals surface area (Å²) >= 11 is 0. The number of nitrogens with zero attached hydrogens (tertiary/aromatic N) is 5. The van der Waals surface area contributed by atoms with E-state index >= 15 is 0 Å². The van der Waals surface area contributed by atoms with E-state index in [0.29, 0.717) is 63.4 Å². The number of nitriles is 1. The maximum Gasteiger partial charge on any atom is 0.257 e. The van der Waals surface area contributed by atoms with Crippen LogP contribution in [0.3, 0.4) is 0 Å². The Morgan fingerprint density at radius 2 is 1.71 bits per heavy atom. The first-order chi connectivity index (χ1) is 16.3. The molecule has 3 fully saturated rings. The van der Waals surface area contributed by atoms with Crippen LogP contribution in [0.1, 0.15) is 43.0 Å². The van der Waals surface area contributed by atoms with Gasteiger partial charge in [-0.05, 0) is 38.7 Å². The Hall–Kier alpha value is -3.28. The Morgan fingerprint density at radius 1 is 1.06 bits per heavy atom. The predicted octanol–water partition coefficient (Wildman–Crippen LogP) is 3.34. The molecular formula is C25H27F2N5O2. The molecule has 2 saturated heterocycles. The first-order valence-corrected chi connectivity index (χ1v) is 11.8. The number of anilines is 1. The van der Waals surface area contributed by atoms with Crippen molar-refractivity contribution < 1.29 is 18.4 Å². The third-order valence-corrected chi connectivity index (χ3v) is 7.35. The Balaban J connectivity index is 1.47. The first-order valence-electron chi connectivity index (χ1n) is 11.8. The van der Waals surface area contributed by atoms with Crippen molar-refractivity contribution in [3.8, 4) is 6.07 Å². The standard InChI is InChI=1S/C25H27F2N5O2/c1-25(15-28)4-6-30(7-5-25)22-18-12-17(26)13-20(27)21(18)29-14-19(22)24(34)32-10-8-31(9-11-32)23(33)16-2-3-16/h12-14,16H,2-11H2,1H3. The van der Waals surface area contributed by atoms with Gasteiger partial charge in [0, 0.05) is 62.8 Å². The molecule has 2 aliphatic heterocycles. The van der Waals surface area contributed by atoms with Crippen LogP contribution in [0.4, 0.5) is 14.5 Å². The van der Waals surface area contributed by atoms with Crippen molar-refractivity contribution in [1.29, 1.82) is 5.26 Å². The number of benzene rings is 1. The van der Waals surface area contributed by atoms with Crippen molar-refractivity contribution in [2.75, 3.05) is 44.2 Å². The molecule has 0 atom stereocenters. The number of carbonyl (C=O) groups is 2. The van der Waals surface area contributed by atoms with Crippen LogP contribution in [0.5, 0.6) is 0 Å². The van der Waals surface area contributed by atoms with Crippen LogP contribution < -0.4 is 4.90 Å². The van der Waals surface area contributed by atoms with Crippen LogP contribution in [0.15, 0.2) is 18.3 Å². The number of aromatic nitrogens is 1. The highest BCUT2D eigenvalue weighted by atomic mass is 19.1. The van der Waals surface area contributed by atoms with Crippen molar-refractivity contribution in [3.05, 3.63) is 35.5 Å². The number of amides is 2. The zero-order valence-corrected chi connectivity index (χ0v) is 19.2. The monoisotopic (exact) mass is 467 g/mol. The maximum absolute atomic E-state index is 14.6. The topological polar surface area (TPSA) is 80.5 Å². The predicted molar refractivity (Wildman–Crippen MR) is 122 cm³/mol. The summed E-state index contributed by atoms with van der Waals surface area (Å²) in [7, 11) is 0. The summed E-state index contributed by atoms with van der Waals surface area (Å²) in [6, 6.07) is 4.37. The third kappa shape index (κ3) is 4.06. The van der Waals surface area contributed by atoms with Crippen molar-refractivity contribution in [1.82, 2.24) is 14.8 Å². The average molecular weight is 468 g/mol. The zero-order chi connectivity index (χ0) is 24.0. The van der Waals surface area contributed by atoms with Gasteiger partial charge in [-0.3, -0.25) is 14.6 Å². The average Bonchev–Trinajstić information content (AvgIpc) is 3.69. The Kier molecular flexibility index (Phi) is 5.62. The van der Waals surface area contributed by atoms with Crippen LogP contribution in [-0.4, -0.2) is 65.9 Å². The molecule has 5 rings (SSSR count). The van der Waals surface area contributed by atoms with Gasteiger partial charge in [0.1, 0.15) is 11.3 Å². The molecule has 1 aromatic heterocycles. The van der Waals surface area contributed by atoms with E-state index in [0.717, 1.165) is 18.9 Å². The second-order valence-corrected chi connectivity index (χ2v) is 9.86. The summed E-state index contributed by atoms with van der Waals surface area (Å²) in [6.45, 7) is 4.65. The molecule has 1 aromatic carbocycles. The van der Waals surface area contributed by atoms with Gasteiger partial charge < -0.3 is 14.7 Å². The molecule has 0 radical (unpaired) electrons. The molecule has 9 heteroatoms. The molecule has 34 heavy (non-hydrogen) atoms. The maximum atomic E-state index is 14.6. The molecule has 3 heterocycles. The van der Waals surface area contributed by atoms with Crippen molar-refractivity contribution in [3.63, 3.8) is 0 Å². The summed E-state index contributed by atoms with van der Waals surface area (Å²) in [6.07, 6.45) is 4.43. The van der Waals surface area contributed by atoms with Gasteiger partial charge in [-0.15, -0.1) is 0 Å². The van der Waals surface area contributed by atoms with E-state index in [9.17, 15) is 23.6 Å². The minimum atomic E-state index is -0.777. The molecule has 2 aromatic rings. The fourth-order valence-corrected chi connectivity index (χ4v) is 4.93. The van der Waals surface area contributed by atoms with Crippen LogP contribution in [0.2, 0.25) is 0 Å². The van der Waals surface area contributed by atoms with E-state index in [1.54, 1.807) is 4.90 Å². The molecule has 178 valence electrons. The van der Waals surface area contributed by atoms with Crippen molar-refractivity contribution in [2.45, 2.75) is 32.6 Å². The summed E-state index contributed by atoms with van der Waals surface area (Å²) < 4.78 is 28.8. The zero-order valence-electron chi connectivity index (χ0n) is 19.2. The van der Waals surface area contributed by atoms with E-state index in [2.05, 4.69) is 11.1 Å². The van der Waals surface area contributed by atoms with Gasteiger partial charge in [0.15, 0.2) is 5.82 Å². The summed E-state index contributed by atoms with van der Waals surface area (Å²) in [5, 5.41) is 9.75. The highest BCUT2D eigenvalue weighted by Crippen LogP contribution is 2.38. The second kappa shape index (κ2) is 8.49. The summed E-state index contributed by atoms with van der Waals surface area (Å²) in [5.41, 5.74) is 0.302. The number of piperazine rings is 1. The lowest BCUT2D eigenvalue weighted by Gasteiger charge is -2.39. The minimum absolute atomic E-state index is 0.0152. The summed E-state index contributed by atoms with van der Waals surface area (Å²) in [4.78, 5) is 35.6. The number of carbonyl (C=O) groups excluding carboxylic acids is 2. The van der Waals surface area contributed by atoms with E-state index in [1.807, 2.05) is 16.7 Å². The molecule has 0 N–H and O–H groups in total. The molecule has 1 saturated carbocycles. The SMILES string of the molecule is CC1(C#N)CCN(c2c(C(=O)N3CCN(C(=O)C4CC4)CC3)cnc3c(F)cc(F)cc23)CC1. The Bertz CT molecular complexity index is 1190. The highest BCUT2D eigenvalue weighted by molar-refractivity contribution is 6.07. The third-order valence-electron chi connectivity index (χ3n) is 7.35. The molecule has 0 unspecified atom stereocenters. The number of rotatable bonds is 3. The van der Waals surface area contributed by atoms with Gasteiger partial charge in [0.05, 0.1) is 22.7 Å². The lowest BCUT2D eigenvalue weighted by atomic mass is 9.81. The molecule has 3 aliphatic rings. The van der Waals surface area contributed by atoms with E-state index < -0.39 is 17.0 Å². The largest absolute Gasteiger partial charge is 0.370 e. The van der Waals surface area contributed by atoms with Crippen LogP contribution in [0, 0.1) is 34.3 Å². The molecule has 0 bridgehead atoms. The van der Waals surface area contributed by atoms with Crippen LogP contribution >= 0.6 is 0 Å². The lowest BCUT2D eigenvalue weighted by molar-refractivity contribution is -0.134. The number of fused-ring (bicyclic) bond motifs is 1. The van der Waals surface area contributed by atoms with Gasteiger partial charge in [0.2, 0.25) is 5.91 Å². The van der Waals surface area contributed by atoms with Crippen molar-refractivity contribution >= 4 is 28.4 Å². The Labute approximate surface area is 196 Å². The van der Waals surface area contributed by atoms with Gasteiger partial charge in [-0.25, -0.2) is 8.78 Å². The van der Waals surface area contributed by atoms with E-state index in [1.165, 1.54) is 12.3 Å². The lowest BCUT2D eigenvalue weighted by Crippen LogP contribution is -2.51. The van der Waals surface area contributed by atoms with Gasteiger partial charge in [-0.1, -0.05) is 0 Å². The van der Waals surface area contributed by atoms with Crippen LogP contribution in [-0.2, 0) is 4.79 Å². The van der Waals surface area contributed by atoms with E-state index in [-0.39, 0.29) is 28.6 Å². The smallest absolute Gasteiger partial charge is 0.257 e. The fraction of sp³-hybridized carbons (Fsp3) is 0.520. The number of hydrogen-bond acceptors (Lipinski definition) is 5. The quantitative estimate of drug-likeness (QED) is 0.692. The molecule has 0 spiro atoms. The van der Waals surface area contributed by atoms with Crippen LogP contribution in [0.25, 0.3) is 10.9 Å². The normalized spacial score (nSPS) is 20.4. The summed E-state index contributed by atoms with van der Waals surface area (Å²) in [5.74, 6) is -1.47. The molecule has 1 aliphatic carbocycles. The van der Waals surface area contributed by atoms with Gasteiger partial charge in [-0.2, -0.15) is 5.26 Å². The minimum Gasteiger partial charge on any atom is -0.370 e. The number of pyridine rings is 1. The Morgan fingerprint density at radius 3 is 2.32 bits per heavy atom. The highest BCUT2D eigenvalue weighted by Gasteiger charge is 2.37. The second-order valence-electron chi connectivity index (χ2n) is 9.86. The molecular weight excluding hydrogens is 440 g/mol. The number of hydrogen-bond donors (Lipinski definition) is 0. The van der Waals surface area contributed by atoms with E-state index in [4.69, 9.17) is 0 Å². The number of halogens is 2. The molecule has 7 nitrogen and oxygen atoms in total.